The van der Waals surface area contributed by atoms with Crippen LogP contribution in [0.2, 0.25) is 0 Å². The summed E-state index contributed by atoms with van der Waals surface area (Å²) in [5.74, 6) is 0. The minimum absolute atomic E-state index is 0.0128. The average molecular weight is 543 g/mol. The molecule has 0 fully saturated rings. The zero-order valence-electron chi connectivity index (χ0n) is 23.9. The van der Waals surface area contributed by atoms with Crippen LogP contribution in [0.5, 0.6) is 0 Å². The maximum atomic E-state index is 12.5. The molecule has 0 aromatic heterocycles. The number of nitrogens with one attached hydrogen (secondary N) is 2. The van der Waals surface area contributed by atoms with Gasteiger partial charge in [0, 0.05) is 18.6 Å². The van der Waals surface area contributed by atoms with Gasteiger partial charge in [-0.1, -0.05) is 60.7 Å². The number of hydrogen-bond donors (Lipinski definition) is 4. The number of alkyl carbamates (subject to hydrolysis) is 1. The number of ether oxygens (including phenoxy) is 1. The Kier molecular flexibility index (Phi) is 11.8. The Balaban J connectivity index is 2.12. The van der Waals surface area contributed by atoms with E-state index in [9.17, 15) is 24.9 Å². The Hall–Kier alpha value is -3.14. The summed E-state index contributed by atoms with van der Waals surface area (Å²) in [6.45, 7) is 10.6. The van der Waals surface area contributed by atoms with Crippen LogP contribution in [0.25, 0.3) is 0 Å². The summed E-state index contributed by atoms with van der Waals surface area (Å²) in [6, 6.07) is 17.4. The molecular weight excluding hydrogens is 498 g/mol. The number of carbonyl (C=O) groups is 2. The van der Waals surface area contributed by atoms with Crippen LogP contribution in [0.1, 0.15) is 52.7 Å². The van der Waals surface area contributed by atoms with Crippen molar-refractivity contribution in [2.45, 2.75) is 89.8 Å². The van der Waals surface area contributed by atoms with Crippen molar-refractivity contribution in [2.75, 3.05) is 13.1 Å². The van der Waals surface area contributed by atoms with Crippen molar-refractivity contribution >= 4 is 12.2 Å². The van der Waals surface area contributed by atoms with Crippen molar-refractivity contribution in [3.63, 3.8) is 0 Å². The normalized spacial score (nSPS) is 15.1. The predicted molar refractivity (Wildman–Crippen MR) is 149 cm³/mol. The van der Waals surface area contributed by atoms with Crippen LogP contribution in [0.4, 0.5) is 9.59 Å². The third-order valence-electron chi connectivity index (χ3n) is 6.15. The maximum Gasteiger partial charge on any atom is 0.407 e. The molecule has 0 saturated heterocycles. The van der Waals surface area contributed by atoms with Gasteiger partial charge in [0.05, 0.1) is 24.3 Å². The van der Waals surface area contributed by atoms with Gasteiger partial charge < -0.3 is 40.4 Å². The van der Waals surface area contributed by atoms with E-state index in [1.54, 1.807) is 41.5 Å². The summed E-state index contributed by atoms with van der Waals surface area (Å²) in [5.41, 5.74) is 0.300. The number of hydrogen-bond acceptors (Lipinski definition) is 7. The number of amides is 2. The quantitative estimate of drug-likeness (QED) is 0.324. The number of carbonyl (C=O) groups excluding carboxylic acids is 2. The standard InChI is InChI=1S/C30H45N3O6/c1-29(2,3)33(28(37)38)24(18-22-15-11-8-12-16-22)26(35)20-31-19-25(34)23(17-21-13-9-7-10-14-21)32-27(36)39-30(4,5)6/h7-16,23-26,31,34-35H,17-20H2,1-6H3,(H,32,36)(H,37,38)/p-1/t23-,24+,25+,26+/m0/s1. The Morgan fingerprint density at radius 3 is 1.79 bits per heavy atom. The van der Waals surface area contributed by atoms with Gasteiger partial charge in [0.1, 0.15) is 11.7 Å². The molecule has 2 aromatic rings. The molecule has 9 nitrogen and oxygen atoms in total. The summed E-state index contributed by atoms with van der Waals surface area (Å²) in [7, 11) is 0. The van der Waals surface area contributed by atoms with Crippen molar-refractivity contribution < 1.29 is 29.6 Å². The molecule has 4 N–H and O–H groups in total. The first-order valence-electron chi connectivity index (χ1n) is 13.3. The molecule has 0 aliphatic rings. The van der Waals surface area contributed by atoms with Crippen molar-refractivity contribution in [2.24, 2.45) is 0 Å². The summed E-state index contributed by atoms with van der Waals surface area (Å²) >= 11 is 0. The molecule has 2 amide bonds. The molecule has 0 radical (unpaired) electrons. The Morgan fingerprint density at radius 2 is 1.33 bits per heavy atom. The fourth-order valence-corrected chi connectivity index (χ4v) is 4.43. The first kappa shape index (κ1) is 32.1. The van der Waals surface area contributed by atoms with E-state index in [4.69, 9.17) is 4.74 Å². The van der Waals surface area contributed by atoms with Gasteiger partial charge in [-0.3, -0.25) is 0 Å². The molecular formula is C30H44N3O6-. The van der Waals surface area contributed by atoms with Crippen molar-refractivity contribution in [3.05, 3.63) is 71.8 Å². The largest absolute Gasteiger partial charge is 0.530 e. The van der Waals surface area contributed by atoms with Gasteiger partial charge in [-0.15, -0.1) is 0 Å². The third-order valence-corrected chi connectivity index (χ3v) is 6.15. The molecule has 0 bridgehead atoms. The van der Waals surface area contributed by atoms with E-state index in [1.807, 2.05) is 60.7 Å². The zero-order valence-corrected chi connectivity index (χ0v) is 23.9. The SMILES string of the molecule is CC(C)(C)OC(=O)N[C@@H](Cc1ccccc1)[C@H](O)CNC[C@@H](O)[C@@H](Cc1ccccc1)N(C(=O)[O-])C(C)(C)C. The van der Waals surface area contributed by atoms with Crippen LogP contribution in [0.15, 0.2) is 60.7 Å². The molecule has 0 heterocycles. The monoisotopic (exact) mass is 542 g/mol. The number of nitrogens with zero attached hydrogens (tertiary/aromatic N) is 1. The minimum atomic E-state index is -1.37. The fraction of sp³-hybridized carbons (Fsp3) is 0.533. The second kappa shape index (κ2) is 14.3. The van der Waals surface area contributed by atoms with Crippen LogP contribution in [-0.2, 0) is 17.6 Å². The first-order chi connectivity index (χ1) is 18.2. The van der Waals surface area contributed by atoms with E-state index in [-0.39, 0.29) is 19.5 Å². The van der Waals surface area contributed by atoms with Crippen molar-refractivity contribution in [3.8, 4) is 0 Å². The first-order valence-corrected chi connectivity index (χ1v) is 13.3. The molecule has 0 saturated carbocycles. The van der Waals surface area contributed by atoms with Gasteiger partial charge in [0.2, 0.25) is 0 Å². The highest BCUT2D eigenvalue weighted by atomic mass is 16.6. The van der Waals surface area contributed by atoms with E-state index in [0.717, 1.165) is 11.1 Å². The minimum Gasteiger partial charge on any atom is -0.530 e. The Labute approximate surface area is 232 Å². The second-order valence-electron chi connectivity index (χ2n) is 11.8. The van der Waals surface area contributed by atoms with Crippen LogP contribution in [-0.4, -0.2) is 75.8 Å². The van der Waals surface area contributed by atoms with E-state index in [2.05, 4.69) is 10.6 Å². The number of benzene rings is 2. The summed E-state index contributed by atoms with van der Waals surface area (Å²) in [6.07, 6.45) is -3.47. The lowest BCUT2D eigenvalue weighted by Gasteiger charge is -2.45. The topological polar surface area (TPSA) is 134 Å². The van der Waals surface area contributed by atoms with Crippen LogP contribution >= 0.6 is 0 Å². The molecule has 4 atom stereocenters. The van der Waals surface area contributed by atoms with Crippen molar-refractivity contribution in [1.29, 1.82) is 0 Å². The third kappa shape index (κ3) is 11.2. The molecule has 2 aromatic carbocycles. The van der Waals surface area contributed by atoms with E-state index in [1.165, 1.54) is 4.90 Å². The zero-order chi connectivity index (χ0) is 29.2. The van der Waals surface area contributed by atoms with Gasteiger partial charge in [-0.25, -0.2) is 4.79 Å². The number of rotatable bonds is 12. The molecule has 0 aliphatic carbocycles. The van der Waals surface area contributed by atoms with Crippen LogP contribution < -0.4 is 15.7 Å². The Bertz CT molecular complexity index is 1020. The lowest BCUT2D eigenvalue weighted by Crippen LogP contribution is -2.62. The number of aliphatic hydroxyl groups is 2. The van der Waals surface area contributed by atoms with E-state index >= 15 is 0 Å². The van der Waals surface area contributed by atoms with Gasteiger partial charge in [0.15, 0.2) is 0 Å². The summed E-state index contributed by atoms with van der Waals surface area (Å²) < 4.78 is 5.38. The lowest BCUT2D eigenvalue weighted by atomic mass is 9.94. The molecule has 2 rings (SSSR count). The number of aliphatic hydroxyl groups excluding tert-OH is 2. The molecule has 0 aliphatic heterocycles. The molecule has 216 valence electrons. The van der Waals surface area contributed by atoms with Gasteiger partial charge in [-0.2, -0.15) is 0 Å². The molecule has 0 unspecified atom stereocenters. The average Bonchev–Trinajstić information content (AvgIpc) is 2.82. The Morgan fingerprint density at radius 1 is 0.846 bits per heavy atom. The summed E-state index contributed by atoms with van der Waals surface area (Å²) in [5, 5.41) is 40.1. The highest BCUT2D eigenvalue weighted by Gasteiger charge is 2.34. The van der Waals surface area contributed by atoms with Gasteiger partial charge in [-0.05, 0) is 65.5 Å². The smallest absolute Gasteiger partial charge is 0.407 e. The lowest BCUT2D eigenvalue weighted by molar-refractivity contribution is -0.275. The highest BCUT2D eigenvalue weighted by molar-refractivity contribution is 5.68. The summed E-state index contributed by atoms with van der Waals surface area (Å²) in [4.78, 5) is 25.8. The van der Waals surface area contributed by atoms with Crippen LogP contribution in [0, 0.1) is 0 Å². The fourth-order valence-electron chi connectivity index (χ4n) is 4.43. The van der Waals surface area contributed by atoms with Crippen molar-refractivity contribution in [1.82, 2.24) is 15.5 Å². The van der Waals surface area contributed by atoms with E-state index < -0.39 is 47.6 Å². The molecule has 0 spiro atoms. The number of carboxylic acid groups (broad SMARTS) is 1. The predicted octanol–water partition coefficient (Wildman–Crippen LogP) is 2.49. The van der Waals surface area contributed by atoms with E-state index in [0.29, 0.717) is 6.42 Å². The van der Waals surface area contributed by atoms with Gasteiger partial charge >= 0.3 is 6.09 Å². The van der Waals surface area contributed by atoms with Gasteiger partial charge in [0.25, 0.3) is 0 Å². The molecule has 39 heavy (non-hydrogen) atoms. The van der Waals surface area contributed by atoms with Crippen LogP contribution in [0.3, 0.4) is 0 Å². The highest BCUT2D eigenvalue weighted by Crippen LogP contribution is 2.22. The maximum absolute atomic E-state index is 12.5. The molecule has 9 heteroatoms. The second-order valence-corrected chi connectivity index (χ2v) is 11.8.